The predicted octanol–water partition coefficient (Wildman–Crippen LogP) is 1.32. The quantitative estimate of drug-likeness (QED) is 0.746. The van der Waals surface area contributed by atoms with Gasteiger partial charge in [0.2, 0.25) is 0 Å². The molecule has 1 atom stereocenters. The second kappa shape index (κ2) is 4.94. The summed E-state index contributed by atoms with van der Waals surface area (Å²) in [6.07, 6.45) is 0. The van der Waals surface area contributed by atoms with Crippen molar-refractivity contribution in [2.24, 2.45) is 13.0 Å². The largest absolute Gasteiger partial charge is 0.299 e. The first-order valence-electron chi connectivity index (χ1n) is 5.10. The van der Waals surface area contributed by atoms with Crippen LogP contribution >= 0.6 is 0 Å². The minimum atomic E-state index is 0.0734. The molecular weight excluding hydrogens is 188 g/mol. The first kappa shape index (κ1) is 11.7. The van der Waals surface area contributed by atoms with Crippen LogP contribution in [-0.4, -0.2) is 28.3 Å². The minimum Gasteiger partial charge on any atom is -0.299 e. The SMILES string of the molecule is Cc1cc(CN(C)CC(C)C#N)n(C)n1. The molecule has 4 heteroatoms. The monoisotopic (exact) mass is 206 g/mol. The van der Waals surface area contributed by atoms with Gasteiger partial charge in [-0.1, -0.05) is 0 Å². The van der Waals surface area contributed by atoms with Crippen LogP contribution in [0.15, 0.2) is 6.07 Å². The Labute approximate surface area is 91.1 Å². The molecule has 0 saturated heterocycles. The molecular formula is C11H18N4. The molecule has 1 aromatic rings. The van der Waals surface area contributed by atoms with Gasteiger partial charge in [0.1, 0.15) is 0 Å². The average Bonchev–Trinajstić information content (AvgIpc) is 2.44. The van der Waals surface area contributed by atoms with Gasteiger partial charge in [-0.05, 0) is 27.0 Å². The molecule has 1 aromatic heterocycles. The molecule has 0 aliphatic heterocycles. The Hall–Kier alpha value is -1.34. The fourth-order valence-electron chi connectivity index (χ4n) is 1.66. The van der Waals surface area contributed by atoms with Crippen molar-refractivity contribution in [3.63, 3.8) is 0 Å². The number of hydrogen-bond donors (Lipinski definition) is 0. The van der Waals surface area contributed by atoms with Crippen LogP contribution in [0.4, 0.5) is 0 Å². The lowest BCUT2D eigenvalue weighted by Crippen LogP contribution is -2.24. The van der Waals surface area contributed by atoms with Gasteiger partial charge < -0.3 is 0 Å². The summed E-state index contributed by atoms with van der Waals surface area (Å²) in [5, 5.41) is 13.0. The van der Waals surface area contributed by atoms with Gasteiger partial charge in [0.15, 0.2) is 0 Å². The van der Waals surface area contributed by atoms with Crippen molar-refractivity contribution in [1.82, 2.24) is 14.7 Å². The molecule has 15 heavy (non-hydrogen) atoms. The summed E-state index contributed by atoms with van der Waals surface area (Å²) in [4.78, 5) is 2.14. The zero-order valence-corrected chi connectivity index (χ0v) is 9.86. The van der Waals surface area contributed by atoms with E-state index in [1.165, 1.54) is 5.69 Å². The summed E-state index contributed by atoms with van der Waals surface area (Å²) in [6.45, 7) is 5.55. The van der Waals surface area contributed by atoms with E-state index in [4.69, 9.17) is 5.26 Å². The van der Waals surface area contributed by atoms with Crippen LogP contribution in [0.1, 0.15) is 18.3 Å². The maximum Gasteiger partial charge on any atom is 0.0666 e. The number of rotatable bonds is 4. The standard InChI is InChI=1S/C11H18N4/c1-9(6-12)7-14(3)8-11-5-10(2)13-15(11)4/h5,9H,7-8H2,1-4H3. The highest BCUT2D eigenvalue weighted by Crippen LogP contribution is 2.06. The van der Waals surface area contributed by atoms with Crippen LogP contribution in [0.2, 0.25) is 0 Å². The van der Waals surface area contributed by atoms with Crippen molar-refractivity contribution in [2.45, 2.75) is 20.4 Å². The van der Waals surface area contributed by atoms with Gasteiger partial charge in [-0.15, -0.1) is 0 Å². The Bertz CT molecular complexity index is 361. The third-order valence-electron chi connectivity index (χ3n) is 2.34. The van der Waals surface area contributed by atoms with Gasteiger partial charge in [0.25, 0.3) is 0 Å². The van der Waals surface area contributed by atoms with Crippen LogP contribution < -0.4 is 0 Å². The summed E-state index contributed by atoms with van der Waals surface area (Å²) in [5.74, 6) is 0.0734. The Morgan fingerprint density at radius 2 is 2.33 bits per heavy atom. The smallest absolute Gasteiger partial charge is 0.0666 e. The van der Waals surface area contributed by atoms with E-state index in [2.05, 4.69) is 22.1 Å². The summed E-state index contributed by atoms with van der Waals surface area (Å²) >= 11 is 0. The molecule has 1 heterocycles. The maximum atomic E-state index is 8.71. The van der Waals surface area contributed by atoms with Crippen molar-refractivity contribution in [3.05, 3.63) is 17.5 Å². The lowest BCUT2D eigenvalue weighted by molar-refractivity contribution is 0.295. The molecule has 1 unspecified atom stereocenters. The molecule has 0 bridgehead atoms. The molecule has 0 amide bonds. The average molecular weight is 206 g/mol. The number of hydrogen-bond acceptors (Lipinski definition) is 3. The van der Waals surface area contributed by atoms with E-state index in [0.717, 1.165) is 18.8 Å². The van der Waals surface area contributed by atoms with E-state index < -0.39 is 0 Å². The molecule has 0 fully saturated rings. The van der Waals surface area contributed by atoms with E-state index in [-0.39, 0.29) is 5.92 Å². The van der Waals surface area contributed by atoms with Crippen molar-refractivity contribution < 1.29 is 0 Å². The first-order valence-corrected chi connectivity index (χ1v) is 5.10. The van der Waals surface area contributed by atoms with Gasteiger partial charge in [-0.2, -0.15) is 10.4 Å². The van der Waals surface area contributed by atoms with Crippen molar-refractivity contribution >= 4 is 0 Å². The lowest BCUT2D eigenvalue weighted by Gasteiger charge is -2.17. The third kappa shape index (κ3) is 3.37. The molecule has 0 saturated carbocycles. The number of nitrogens with zero attached hydrogens (tertiary/aromatic N) is 4. The van der Waals surface area contributed by atoms with Crippen molar-refractivity contribution in [1.29, 1.82) is 5.26 Å². The highest BCUT2D eigenvalue weighted by atomic mass is 15.3. The van der Waals surface area contributed by atoms with E-state index in [1.807, 2.05) is 32.6 Å². The van der Waals surface area contributed by atoms with Gasteiger partial charge in [-0.25, -0.2) is 0 Å². The van der Waals surface area contributed by atoms with Crippen molar-refractivity contribution in [3.8, 4) is 6.07 Å². The first-order chi connectivity index (χ1) is 7.02. The molecule has 0 aromatic carbocycles. The zero-order chi connectivity index (χ0) is 11.4. The lowest BCUT2D eigenvalue weighted by atomic mass is 10.2. The second-order valence-corrected chi connectivity index (χ2v) is 4.13. The summed E-state index contributed by atoms with van der Waals surface area (Å²) in [6, 6.07) is 4.31. The topological polar surface area (TPSA) is 44.9 Å². The van der Waals surface area contributed by atoms with Crippen LogP contribution in [0.5, 0.6) is 0 Å². The highest BCUT2D eigenvalue weighted by Gasteiger charge is 2.08. The Balaban J connectivity index is 2.55. The van der Waals surface area contributed by atoms with Crippen LogP contribution in [0, 0.1) is 24.2 Å². The Morgan fingerprint density at radius 1 is 1.67 bits per heavy atom. The summed E-state index contributed by atoms with van der Waals surface area (Å²) in [7, 11) is 3.97. The van der Waals surface area contributed by atoms with E-state index in [0.29, 0.717) is 0 Å². The molecule has 0 aliphatic carbocycles. The molecule has 0 spiro atoms. The Morgan fingerprint density at radius 3 is 2.80 bits per heavy atom. The van der Waals surface area contributed by atoms with Gasteiger partial charge >= 0.3 is 0 Å². The minimum absolute atomic E-state index is 0.0734. The van der Waals surface area contributed by atoms with Gasteiger partial charge in [-0.3, -0.25) is 9.58 Å². The molecule has 4 nitrogen and oxygen atoms in total. The van der Waals surface area contributed by atoms with Crippen LogP contribution in [0.25, 0.3) is 0 Å². The molecule has 1 rings (SSSR count). The summed E-state index contributed by atoms with van der Waals surface area (Å²) in [5.41, 5.74) is 2.22. The van der Waals surface area contributed by atoms with Crippen LogP contribution in [-0.2, 0) is 13.6 Å². The maximum absolute atomic E-state index is 8.71. The van der Waals surface area contributed by atoms with Crippen LogP contribution in [0.3, 0.4) is 0 Å². The summed E-state index contributed by atoms with van der Waals surface area (Å²) < 4.78 is 1.89. The third-order valence-corrected chi connectivity index (χ3v) is 2.34. The highest BCUT2D eigenvalue weighted by molar-refractivity contribution is 5.08. The zero-order valence-electron chi connectivity index (χ0n) is 9.86. The predicted molar refractivity (Wildman–Crippen MR) is 59.1 cm³/mol. The Kier molecular flexibility index (Phi) is 3.87. The van der Waals surface area contributed by atoms with Crippen molar-refractivity contribution in [2.75, 3.05) is 13.6 Å². The number of nitriles is 1. The molecule has 82 valence electrons. The number of aryl methyl sites for hydroxylation is 2. The van der Waals surface area contributed by atoms with E-state index in [1.54, 1.807) is 0 Å². The fourth-order valence-corrected chi connectivity index (χ4v) is 1.66. The fraction of sp³-hybridized carbons (Fsp3) is 0.636. The molecule has 0 radical (unpaired) electrons. The molecule has 0 aliphatic rings. The van der Waals surface area contributed by atoms with Gasteiger partial charge in [0.05, 0.1) is 23.4 Å². The van der Waals surface area contributed by atoms with E-state index in [9.17, 15) is 0 Å². The molecule has 0 N–H and O–H groups in total. The van der Waals surface area contributed by atoms with Gasteiger partial charge in [0, 0.05) is 20.1 Å². The number of aromatic nitrogens is 2. The van der Waals surface area contributed by atoms with E-state index >= 15 is 0 Å². The second-order valence-electron chi connectivity index (χ2n) is 4.13. The normalized spacial score (nSPS) is 12.8.